The lowest BCUT2D eigenvalue weighted by Gasteiger charge is -2.34. The van der Waals surface area contributed by atoms with Crippen molar-refractivity contribution >= 4 is 51.0 Å². The van der Waals surface area contributed by atoms with E-state index >= 15 is 0 Å². The van der Waals surface area contributed by atoms with Crippen LogP contribution in [0.4, 0.5) is 28.4 Å². The molecule has 0 saturated carbocycles. The van der Waals surface area contributed by atoms with Gasteiger partial charge in [-0.3, -0.25) is 0 Å². The summed E-state index contributed by atoms with van der Waals surface area (Å²) in [5, 5.41) is 5.07. The number of hydrogen-bond donors (Lipinski definition) is 0. The topological polar surface area (TPSA) is 6.48 Å². The fraction of sp³-hybridized carbons (Fsp3) is 0.115. The highest BCUT2D eigenvalue weighted by molar-refractivity contribution is 6.07. The van der Waals surface area contributed by atoms with Crippen LogP contribution in [0.1, 0.15) is 57.3 Å². The number of nitrogens with zero attached hydrogens (tertiary/aromatic N) is 2. The van der Waals surface area contributed by atoms with E-state index in [0.29, 0.717) is 0 Å². The molecule has 3 aliphatic rings. The summed E-state index contributed by atoms with van der Waals surface area (Å²) in [7, 11) is 0. The molecule has 0 aliphatic heterocycles. The molecule has 3 aliphatic carbocycles. The molecular weight excluding hydrogens is 761 g/mol. The van der Waals surface area contributed by atoms with Gasteiger partial charge in [0, 0.05) is 38.8 Å². The number of fused-ring (bicyclic) bond motifs is 12. The molecule has 0 fully saturated rings. The molecule has 0 amide bonds. The zero-order chi connectivity index (χ0) is 42.4. The van der Waals surface area contributed by atoms with Crippen molar-refractivity contribution < 1.29 is 0 Å². The van der Waals surface area contributed by atoms with Gasteiger partial charge in [-0.05, 0) is 126 Å². The molecule has 302 valence electrons. The van der Waals surface area contributed by atoms with Gasteiger partial charge in [0.15, 0.2) is 0 Å². The minimum absolute atomic E-state index is 0.548. The third-order valence-electron chi connectivity index (χ3n) is 14.1. The Kier molecular flexibility index (Phi) is 8.49. The van der Waals surface area contributed by atoms with Gasteiger partial charge < -0.3 is 9.80 Å². The second kappa shape index (κ2) is 14.3. The molecule has 1 atom stereocenters. The van der Waals surface area contributed by atoms with Gasteiger partial charge in [-0.25, -0.2) is 0 Å². The third kappa shape index (κ3) is 5.44. The number of rotatable bonds is 6. The molecule has 63 heavy (non-hydrogen) atoms. The predicted molar refractivity (Wildman–Crippen MR) is 265 cm³/mol. The van der Waals surface area contributed by atoms with Crippen molar-refractivity contribution in [3.63, 3.8) is 0 Å². The minimum atomic E-state index is -0.548. The second-order valence-electron chi connectivity index (χ2n) is 17.8. The smallest absolute Gasteiger partial charge is 0.0727 e. The normalized spacial score (nSPS) is 15.3. The van der Waals surface area contributed by atoms with Gasteiger partial charge in [-0.1, -0.05) is 175 Å². The maximum Gasteiger partial charge on any atom is 0.0727 e. The summed E-state index contributed by atoms with van der Waals surface area (Å²) in [6.07, 6.45) is 4.36. The molecule has 0 heterocycles. The summed E-state index contributed by atoms with van der Waals surface area (Å²) in [5.41, 5.74) is 22.3. The first-order valence-electron chi connectivity index (χ1n) is 22.4. The summed E-state index contributed by atoms with van der Waals surface area (Å²) in [6.45, 7) is 8.92. The van der Waals surface area contributed by atoms with Crippen molar-refractivity contribution in [1.29, 1.82) is 0 Å². The van der Waals surface area contributed by atoms with Gasteiger partial charge in [0.1, 0.15) is 0 Å². The van der Waals surface area contributed by atoms with Gasteiger partial charge in [-0.2, -0.15) is 0 Å². The van der Waals surface area contributed by atoms with Crippen molar-refractivity contribution in [1.82, 2.24) is 0 Å². The van der Waals surface area contributed by atoms with Crippen LogP contribution in [0.5, 0.6) is 0 Å². The average Bonchev–Trinajstić information content (AvgIpc) is 3.79. The van der Waals surface area contributed by atoms with Crippen molar-refractivity contribution in [3.05, 3.63) is 243 Å². The van der Waals surface area contributed by atoms with Crippen LogP contribution < -0.4 is 20.2 Å². The van der Waals surface area contributed by atoms with E-state index in [1.165, 1.54) is 122 Å². The Hall–Kier alpha value is -7.42. The SMILES string of the molecule is Cc1ccc(N(C2=c3ccccc3=CCC2)c2cccc3c2-c2ccccc2C32c3ccccc3-c3c(N(c4ccc(C)cc4C)c4cccc5ccccc45)cccc32)c(C)c1. The lowest BCUT2D eigenvalue weighted by Crippen LogP contribution is -2.35. The van der Waals surface area contributed by atoms with Crippen LogP contribution in [-0.4, -0.2) is 0 Å². The van der Waals surface area contributed by atoms with Crippen molar-refractivity contribution in [2.45, 2.75) is 46.0 Å². The molecular formula is C61H48N2. The van der Waals surface area contributed by atoms with E-state index < -0.39 is 5.41 Å². The van der Waals surface area contributed by atoms with Crippen LogP contribution >= 0.6 is 0 Å². The standard InChI is InChI=1S/C61H48N2/c1-39-33-35-53(41(3)37-39)62(55-29-13-19-43-17-5-7-21-45(43)55)57-31-15-27-51-59(57)47-23-9-11-25-49(47)61(51)50-26-12-10-24-48(50)60-52(61)28-16-32-58(60)63(54-36-34-40(2)38-42(54)4)56-30-14-20-44-18-6-8-22-46(44)56/h5-13,15-29,31-38H,14,30H2,1-4H3. The molecule has 0 radical (unpaired) electrons. The molecule has 1 spiro atoms. The zero-order valence-corrected chi connectivity index (χ0v) is 36.3. The fourth-order valence-electron chi connectivity index (χ4n) is 11.6. The van der Waals surface area contributed by atoms with Crippen LogP contribution in [0, 0.1) is 27.7 Å². The number of benzene rings is 9. The molecule has 9 aromatic carbocycles. The summed E-state index contributed by atoms with van der Waals surface area (Å²) in [6, 6.07) is 71.1. The van der Waals surface area contributed by atoms with Crippen molar-refractivity contribution in [3.8, 4) is 22.3 Å². The van der Waals surface area contributed by atoms with Crippen LogP contribution in [0.15, 0.2) is 188 Å². The molecule has 0 aromatic heterocycles. The summed E-state index contributed by atoms with van der Waals surface area (Å²) in [5.74, 6) is 0. The Bertz CT molecular complexity index is 3480. The Morgan fingerprint density at radius 2 is 0.921 bits per heavy atom. The van der Waals surface area contributed by atoms with Gasteiger partial charge in [0.25, 0.3) is 0 Å². The molecule has 0 bridgehead atoms. The molecule has 0 N–H and O–H groups in total. The van der Waals surface area contributed by atoms with Crippen LogP contribution in [-0.2, 0) is 5.41 Å². The molecule has 1 unspecified atom stereocenters. The maximum absolute atomic E-state index is 2.62. The Morgan fingerprint density at radius 3 is 1.59 bits per heavy atom. The van der Waals surface area contributed by atoms with Gasteiger partial charge in [0.05, 0.1) is 22.5 Å². The third-order valence-corrected chi connectivity index (χ3v) is 14.1. The van der Waals surface area contributed by atoms with Crippen LogP contribution in [0.3, 0.4) is 0 Å². The maximum atomic E-state index is 2.62. The Labute approximate surface area is 370 Å². The first-order valence-corrected chi connectivity index (χ1v) is 22.4. The van der Waals surface area contributed by atoms with E-state index in [0.717, 1.165) is 12.8 Å². The quantitative estimate of drug-likeness (QED) is 0.165. The second-order valence-corrected chi connectivity index (χ2v) is 17.8. The van der Waals surface area contributed by atoms with Crippen LogP contribution in [0.25, 0.3) is 44.8 Å². The van der Waals surface area contributed by atoms with E-state index in [9.17, 15) is 0 Å². The monoisotopic (exact) mass is 808 g/mol. The van der Waals surface area contributed by atoms with E-state index in [-0.39, 0.29) is 0 Å². The van der Waals surface area contributed by atoms with Gasteiger partial charge in [0.2, 0.25) is 0 Å². The highest BCUT2D eigenvalue weighted by Gasteiger charge is 2.53. The largest absolute Gasteiger partial charge is 0.313 e. The Morgan fingerprint density at radius 1 is 0.413 bits per heavy atom. The number of aryl methyl sites for hydroxylation is 4. The predicted octanol–water partition coefficient (Wildman–Crippen LogP) is 14.4. The number of hydrogen-bond acceptors (Lipinski definition) is 2. The van der Waals surface area contributed by atoms with Gasteiger partial charge in [-0.15, -0.1) is 0 Å². The van der Waals surface area contributed by atoms with E-state index in [2.05, 4.69) is 232 Å². The molecule has 9 aromatic rings. The first kappa shape index (κ1) is 37.4. The van der Waals surface area contributed by atoms with Crippen molar-refractivity contribution in [2.24, 2.45) is 0 Å². The lowest BCUT2D eigenvalue weighted by atomic mass is 9.70. The summed E-state index contributed by atoms with van der Waals surface area (Å²) >= 11 is 0. The lowest BCUT2D eigenvalue weighted by molar-refractivity contribution is 0.793. The molecule has 0 saturated heterocycles. The average molecular weight is 809 g/mol. The first-order chi connectivity index (χ1) is 30.9. The summed E-state index contributed by atoms with van der Waals surface area (Å²) < 4.78 is 0. The molecule has 12 rings (SSSR count). The molecule has 2 heteroatoms. The highest BCUT2D eigenvalue weighted by atomic mass is 15.2. The van der Waals surface area contributed by atoms with E-state index in [1.54, 1.807) is 0 Å². The highest BCUT2D eigenvalue weighted by Crippen LogP contribution is 2.66. The van der Waals surface area contributed by atoms with E-state index in [4.69, 9.17) is 0 Å². The fourth-order valence-corrected chi connectivity index (χ4v) is 11.6. The molecule has 2 nitrogen and oxygen atoms in total. The van der Waals surface area contributed by atoms with Crippen molar-refractivity contribution in [2.75, 3.05) is 9.80 Å². The van der Waals surface area contributed by atoms with Gasteiger partial charge >= 0.3 is 0 Å². The van der Waals surface area contributed by atoms with E-state index in [1.807, 2.05) is 0 Å². The number of anilines is 5. The zero-order valence-electron chi connectivity index (χ0n) is 36.3. The minimum Gasteiger partial charge on any atom is -0.313 e. The van der Waals surface area contributed by atoms with Crippen LogP contribution in [0.2, 0.25) is 0 Å². The Balaban J connectivity index is 1.18. The summed E-state index contributed by atoms with van der Waals surface area (Å²) in [4.78, 5) is 5.16.